The van der Waals surface area contributed by atoms with E-state index in [2.05, 4.69) is 28.5 Å². The van der Waals surface area contributed by atoms with E-state index < -0.39 is 34.6 Å². The summed E-state index contributed by atoms with van der Waals surface area (Å²) >= 11 is 0. The molecule has 1 aliphatic rings. The van der Waals surface area contributed by atoms with Crippen molar-refractivity contribution in [1.82, 2.24) is 14.8 Å². The lowest BCUT2D eigenvalue weighted by molar-refractivity contribution is -0.787. The van der Waals surface area contributed by atoms with Crippen LogP contribution in [0.2, 0.25) is 0 Å². The van der Waals surface area contributed by atoms with Crippen LogP contribution in [0.15, 0.2) is 60.9 Å². The molecule has 210 valence electrons. The van der Waals surface area contributed by atoms with Gasteiger partial charge in [-0.1, -0.05) is 13.8 Å². The molecule has 3 aromatic heterocycles. The molecule has 3 unspecified atom stereocenters. The summed E-state index contributed by atoms with van der Waals surface area (Å²) in [6.07, 6.45) is 0.873. The minimum Gasteiger partial charge on any atom is -0.243 e. The molecule has 0 bridgehead atoms. The Kier molecular flexibility index (Phi) is 6.79. The van der Waals surface area contributed by atoms with Crippen LogP contribution in [-0.4, -0.2) is 14.8 Å². The van der Waals surface area contributed by atoms with Gasteiger partial charge >= 0.3 is 6.18 Å². The van der Waals surface area contributed by atoms with Gasteiger partial charge in [0.2, 0.25) is 17.2 Å². The summed E-state index contributed by atoms with van der Waals surface area (Å²) in [5.74, 6) is -2.33. The van der Waals surface area contributed by atoms with Crippen LogP contribution in [0.4, 0.5) is 22.0 Å². The van der Waals surface area contributed by atoms with Crippen LogP contribution < -0.4 is 9.13 Å². The number of fused-ring (bicyclic) bond motifs is 3. The summed E-state index contributed by atoms with van der Waals surface area (Å²) in [4.78, 5) is 3.83. The van der Waals surface area contributed by atoms with Crippen LogP contribution in [0.5, 0.6) is 0 Å². The first-order valence-corrected chi connectivity index (χ1v) is 13.4. The molecule has 1 aliphatic heterocycles. The fourth-order valence-electron chi connectivity index (χ4n) is 6.70. The number of benzene rings is 1. The molecule has 0 radical (unpaired) electrons. The monoisotopic (exact) mass is 557 g/mol. The van der Waals surface area contributed by atoms with Crippen molar-refractivity contribution in [1.29, 1.82) is 0 Å². The van der Waals surface area contributed by atoms with Crippen molar-refractivity contribution in [3.05, 3.63) is 83.9 Å². The summed E-state index contributed by atoms with van der Waals surface area (Å²) < 4.78 is 75.5. The highest BCUT2D eigenvalue weighted by molar-refractivity contribution is 5.66. The van der Waals surface area contributed by atoms with E-state index in [-0.39, 0.29) is 11.9 Å². The number of alkyl halides is 3. The Morgan fingerprint density at radius 2 is 1.65 bits per heavy atom. The van der Waals surface area contributed by atoms with Gasteiger partial charge in [0.25, 0.3) is 5.82 Å². The average molecular weight is 558 g/mol. The number of aryl methyl sites for hydroxylation is 1. The zero-order valence-corrected chi connectivity index (χ0v) is 23.1. The number of rotatable bonds is 6. The van der Waals surface area contributed by atoms with Crippen molar-refractivity contribution in [2.45, 2.75) is 70.1 Å². The molecule has 0 N–H and O–H groups in total. The third kappa shape index (κ3) is 4.10. The Morgan fingerprint density at radius 1 is 0.975 bits per heavy atom. The number of halogens is 5. The lowest BCUT2D eigenvalue weighted by Gasteiger charge is -2.48. The summed E-state index contributed by atoms with van der Waals surface area (Å²) in [6.45, 7) is 8.15. The third-order valence-corrected chi connectivity index (χ3v) is 8.79. The van der Waals surface area contributed by atoms with E-state index in [4.69, 9.17) is 0 Å². The number of hydrogen-bond acceptors (Lipinski definition) is 2. The van der Waals surface area contributed by atoms with Crippen LogP contribution in [0.3, 0.4) is 0 Å². The third-order valence-electron chi connectivity index (χ3n) is 8.79. The normalized spacial score (nSPS) is 21.1. The zero-order chi connectivity index (χ0) is 29.0. The van der Waals surface area contributed by atoms with E-state index in [0.717, 1.165) is 10.7 Å². The van der Waals surface area contributed by atoms with Crippen molar-refractivity contribution in [2.24, 2.45) is 7.05 Å². The van der Waals surface area contributed by atoms with Crippen LogP contribution in [-0.2, 0) is 24.2 Å². The molecule has 0 fully saturated rings. The molecule has 0 saturated heterocycles. The first-order chi connectivity index (χ1) is 18.9. The number of aromatic nitrogens is 5. The maximum absolute atomic E-state index is 15.4. The van der Waals surface area contributed by atoms with E-state index in [1.54, 1.807) is 12.1 Å². The van der Waals surface area contributed by atoms with Gasteiger partial charge < -0.3 is 0 Å². The molecular formula is C30H32F5N5+2. The van der Waals surface area contributed by atoms with Gasteiger partial charge in [-0.05, 0) is 44.0 Å². The Balaban J connectivity index is 1.68. The Labute approximate surface area is 229 Å². The Morgan fingerprint density at radius 3 is 2.27 bits per heavy atom. The molecule has 0 saturated carbocycles. The van der Waals surface area contributed by atoms with Crippen LogP contribution in [0.25, 0.3) is 22.8 Å². The van der Waals surface area contributed by atoms with Crippen LogP contribution >= 0.6 is 0 Å². The molecule has 5 rings (SSSR count). The molecule has 4 aromatic rings. The molecule has 0 spiro atoms. The van der Waals surface area contributed by atoms with Gasteiger partial charge in [-0.3, -0.25) is 0 Å². The molecular weight excluding hydrogens is 525 g/mol. The minimum absolute atomic E-state index is 0.0924. The zero-order valence-electron chi connectivity index (χ0n) is 23.1. The fraction of sp³-hybridized carbons (Fsp3) is 0.400. The van der Waals surface area contributed by atoms with Gasteiger partial charge in [0.05, 0.1) is 17.4 Å². The minimum atomic E-state index is -4.67. The van der Waals surface area contributed by atoms with Gasteiger partial charge in [0, 0.05) is 43.8 Å². The SMILES string of the molecule is CCC1(C)c2cc(F)cc(F)c2-c2cccc[n+]2C1(CC)CC(C)[n+]1ccccc1-c1nc(C(F)(F)F)nn1C. The lowest BCUT2D eigenvalue weighted by atomic mass is 9.58. The van der Waals surface area contributed by atoms with Gasteiger partial charge in [0.1, 0.15) is 11.6 Å². The second kappa shape index (κ2) is 9.74. The molecule has 0 amide bonds. The first kappa shape index (κ1) is 27.9. The number of pyridine rings is 2. The van der Waals surface area contributed by atoms with Crippen molar-refractivity contribution in [3.63, 3.8) is 0 Å². The standard InChI is InChI=1S/C30H32F5N5/c1-6-28(4)21-16-20(31)17-22(32)25(21)23-12-9-11-15-40(23)29(28,7-2)18-19(3)39-14-10-8-13-24(39)26-36-27(30(33,34)35)37-38(26)5/h8-17,19H,6-7,18H2,1-5H3/q+2. The van der Waals surface area contributed by atoms with E-state index in [1.807, 2.05) is 55.1 Å². The maximum Gasteiger partial charge on any atom is 0.453 e. The summed E-state index contributed by atoms with van der Waals surface area (Å²) in [5.41, 5.74) is 0.871. The molecule has 3 atom stereocenters. The Hall–Kier alpha value is -3.69. The van der Waals surface area contributed by atoms with Gasteiger partial charge in [0.15, 0.2) is 24.0 Å². The van der Waals surface area contributed by atoms with Crippen LogP contribution in [0.1, 0.15) is 64.4 Å². The van der Waals surface area contributed by atoms with Gasteiger partial charge in [-0.15, -0.1) is 5.10 Å². The maximum atomic E-state index is 15.4. The van der Waals surface area contributed by atoms with Gasteiger partial charge in [-0.2, -0.15) is 27.3 Å². The smallest absolute Gasteiger partial charge is 0.243 e. The topological polar surface area (TPSA) is 38.5 Å². The molecule has 0 aliphatic carbocycles. The van der Waals surface area contributed by atoms with Crippen molar-refractivity contribution in [3.8, 4) is 22.8 Å². The second-order valence-electron chi connectivity index (χ2n) is 10.8. The predicted octanol–water partition coefficient (Wildman–Crippen LogP) is 6.46. The molecule has 4 heterocycles. The lowest BCUT2D eigenvalue weighted by Crippen LogP contribution is -2.70. The summed E-state index contributed by atoms with van der Waals surface area (Å²) in [5, 5.41) is 3.60. The molecule has 5 nitrogen and oxygen atoms in total. The highest BCUT2D eigenvalue weighted by Crippen LogP contribution is 2.53. The van der Waals surface area contributed by atoms with Gasteiger partial charge in [-0.25, -0.2) is 13.5 Å². The largest absolute Gasteiger partial charge is 0.453 e. The molecule has 1 aromatic carbocycles. The first-order valence-electron chi connectivity index (χ1n) is 13.4. The van der Waals surface area contributed by atoms with Crippen molar-refractivity contribution >= 4 is 0 Å². The number of hydrogen-bond donors (Lipinski definition) is 0. The van der Waals surface area contributed by atoms with E-state index >= 15 is 4.39 Å². The summed E-state index contributed by atoms with van der Waals surface area (Å²) in [7, 11) is 1.44. The fourth-order valence-corrected chi connectivity index (χ4v) is 6.70. The second-order valence-corrected chi connectivity index (χ2v) is 10.8. The van der Waals surface area contributed by atoms with Crippen molar-refractivity contribution in [2.75, 3.05) is 0 Å². The number of nitrogens with zero attached hydrogens (tertiary/aromatic N) is 5. The summed E-state index contributed by atoms with van der Waals surface area (Å²) in [6, 6.07) is 13.0. The quantitative estimate of drug-likeness (QED) is 0.202. The highest BCUT2D eigenvalue weighted by atomic mass is 19.4. The molecule has 40 heavy (non-hydrogen) atoms. The highest BCUT2D eigenvalue weighted by Gasteiger charge is 2.61. The van der Waals surface area contributed by atoms with E-state index in [0.29, 0.717) is 41.8 Å². The molecule has 10 heteroatoms. The van der Waals surface area contributed by atoms with Crippen molar-refractivity contribution < 1.29 is 31.1 Å². The van der Waals surface area contributed by atoms with E-state index in [1.165, 1.54) is 13.1 Å². The van der Waals surface area contributed by atoms with Crippen LogP contribution in [0, 0.1) is 11.6 Å². The average Bonchev–Trinajstić information content (AvgIpc) is 3.32. The van der Waals surface area contributed by atoms with E-state index in [9.17, 15) is 17.6 Å². The Bertz CT molecular complexity index is 1580. The predicted molar refractivity (Wildman–Crippen MR) is 139 cm³/mol.